The van der Waals surface area contributed by atoms with Crippen LogP contribution in [0.25, 0.3) is 0 Å². The minimum absolute atomic E-state index is 0.363. The lowest BCUT2D eigenvalue weighted by atomic mass is 9.91. The van der Waals surface area contributed by atoms with E-state index in [1.54, 1.807) is 0 Å². The Labute approximate surface area is 109 Å². The van der Waals surface area contributed by atoms with Gasteiger partial charge in [0.05, 0.1) is 11.6 Å². The number of hydrogen-bond donors (Lipinski definition) is 1. The Bertz CT molecular complexity index is 415. The van der Waals surface area contributed by atoms with Crippen LogP contribution in [-0.4, -0.2) is 11.6 Å². The van der Waals surface area contributed by atoms with Gasteiger partial charge in [-0.25, -0.2) is 0 Å². The van der Waals surface area contributed by atoms with Crippen LogP contribution in [0.1, 0.15) is 42.9 Å². The summed E-state index contributed by atoms with van der Waals surface area (Å²) in [5.41, 5.74) is 9.39. The molecule has 2 N–H and O–H groups in total. The van der Waals surface area contributed by atoms with Crippen molar-refractivity contribution in [1.82, 2.24) is 0 Å². The third-order valence-corrected chi connectivity index (χ3v) is 3.28. The van der Waals surface area contributed by atoms with Gasteiger partial charge in [0.1, 0.15) is 5.75 Å². The Morgan fingerprint density at radius 2 is 2.00 bits per heavy atom. The molecule has 0 bridgehead atoms. The van der Waals surface area contributed by atoms with E-state index in [-0.39, 0.29) is 0 Å². The molecule has 2 nitrogen and oxygen atoms in total. The van der Waals surface area contributed by atoms with Crippen LogP contribution in [0.4, 0.5) is 0 Å². The number of ether oxygens (including phenoxy) is 1. The number of thiocarbonyl (C=S) groups is 1. The first-order valence-electron chi connectivity index (χ1n) is 5.98. The van der Waals surface area contributed by atoms with E-state index in [0.717, 1.165) is 12.2 Å². The summed E-state index contributed by atoms with van der Waals surface area (Å²) in [6, 6.07) is 4.16. The van der Waals surface area contributed by atoms with Crippen molar-refractivity contribution in [3.8, 4) is 5.75 Å². The SMILES string of the molecule is CCOc1ccc(C(C)CC(N)=S)c(C)c1C. The maximum Gasteiger partial charge on any atom is 0.122 e. The molecule has 0 aliphatic rings. The van der Waals surface area contributed by atoms with E-state index < -0.39 is 0 Å². The monoisotopic (exact) mass is 251 g/mol. The van der Waals surface area contributed by atoms with Crippen molar-refractivity contribution in [3.05, 3.63) is 28.8 Å². The van der Waals surface area contributed by atoms with Crippen LogP contribution in [0, 0.1) is 13.8 Å². The van der Waals surface area contributed by atoms with Crippen LogP contribution in [0.3, 0.4) is 0 Å². The lowest BCUT2D eigenvalue weighted by Crippen LogP contribution is -2.12. The first-order chi connectivity index (χ1) is 7.97. The molecule has 0 aliphatic carbocycles. The fraction of sp³-hybridized carbons (Fsp3) is 0.500. The summed E-state index contributed by atoms with van der Waals surface area (Å²) in [6.07, 6.45) is 0.754. The average Bonchev–Trinajstić information content (AvgIpc) is 2.24. The van der Waals surface area contributed by atoms with Gasteiger partial charge in [-0.15, -0.1) is 0 Å². The van der Waals surface area contributed by atoms with Gasteiger partial charge in [-0.2, -0.15) is 0 Å². The fourth-order valence-corrected chi connectivity index (χ4v) is 2.32. The van der Waals surface area contributed by atoms with Gasteiger partial charge < -0.3 is 10.5 Å². The van der Waals surface area contributed by atoms with E-state index in [4.69, 9.17) is 22.7 Å². The summed E-state index contributed by atoms with van der Waals surface area (Å²) in [5.74, 6) is 1.33. The maximum atomic E-state index is 5.60. The second-order valence-electron chi connectivity index (χ2n) is 4.41. The quantitative estimate of drug-likeness (QED) is 0.814. The molecule has 0 aliphatic heterocycles. The van der Waals surface area contributed by atoms with Crippen molar-refractivity contribution in [2.45, 2.75) is 40.0 Å². The molecule has 17 heavy (non-hydrogen) atoms. The minimum Gasteiger partial charge on any atom is -0.494 e. The number of nitrogens with two attached hydrogens (primary N) is 1. The van der Waals surface area contributed by atoms with Gasteiger partial charge >= 0.3 is 0 Å². The van der Waals surface area contributed by atoms with Crippen LogP contribution in [-0.2, 0) is 0 Å². The maximum absolute atomic E-state index is 5.60. The Morgan fingerprint density at radius 3 is 2.53 bits per heavy atom. The van der Waals surface area contributed by atoms with E-state index in [1.165, 1.54) is 16.7 Å². The van der Waals surface area contributed by atoms with E-state index in [1.807, 2.05) is 13.0 Å². The first-order valence-corrected chi connectivity index (χ1v) is 6.39. The van der Waals surface area contributed by atoms with Crippen molar-refractivity contribution in [2.24, 2.45) is 5.73 Å². The molecule has 94 valence electrons. The molecule has 0 saturated heterocycles. The molecule has 0 aromatic heterocycles. The molecule has 1 rings (SSSR count). The second kappa shape index (κ2) is 6.01. The Kier molecular flexibility index (Phi) is 4.94. The van der Waals surface area contributed by atoms with Crippen molar-refractivity contribution < 1.29 is 4.74 Å². The van der Waals surface area contributed by atoms with Gasteiger partial charge in [0.2, 0.25) is 0 Å². The average molecular weight is 251 g/mol. The van der Waals surface area contributed by atoms with Crippen LogP contribution >= 0.6 is 12.2 Å². The lowest BCUT2D eigenvalue weighted by molar-refractivity contribution is 0.337. The number of hydrogen-bond acceptors (Lipinski definition) is 2. The fourth-order valence-electron chi connectivity index (χ4n) is 2.07. The molecular weight excluding hydrogens is 230 g/mol. The van der Waals surface area contributed by atoms with Crippen LogP contribution in [0.15, 0.2) is 12.1 Å². The van der Waals surface area contributed by atoms with Gasteiger partial charge in [0.25, 0.3) is 0 Å². The summed E-state index contributed by atoms with van der Waals surface area (Å²) in [6.45, 7) is 9.07. The van der Waals surface area contributed by atoms with E-state index in [0.29, 0.717) is 17.5 Å². The van der Waals surface area contributed by atoms with Crippen molar-refractivity contribution >= 4 is 17.2 Å². The van der Waals surface area contributed by atoms with Crippen molar-refractivity contribution in [3.63, 3.8) is 0 Å². The summed E-state index contributed by atoms with van der Waals surface area (Å²) >= 11 is 4.97. The molecule has 0 radical (unpaired) electrons. The van der Waals surface area contributed by atoms with E-state index >= 15 is 0 Å². The lowest BCUT2D eigenvalue weighted by Gasteiger charge is -2.18. The Hall–Kier alpha value is -1.09. The summed E-state index contributed by atoms with van der Waals surface area (Å²) < 4.78 is 5.58. The Morgan fingerprint density at radius 1 is 1.35 bits per heavy atom. The van der Waals surface area contributed by atoms with Gasteiger partial charge in [0.15, 0.2) is 0 Å². The summed E-state index contributed by atoms with van der Waals surface area (Å²) in [7, 11) is 0. The molecule has 0 spiro atoms. The van der Waals surface area contributed by atoms with Gasteiger partial charge in [0, 0.05) is 6.42 Å². The van der Waals surface area contributed by atoms with Gasteiger partial charge in [-0.3, -0.25) is 0 Å². The van der Waals surface area contributed by atoms with Crippen LogP contribution in [0.2, 0.25) is 0 Å². The third-order valence-electron chi connectivity index (χ3n) is 3.12. The molecule has 0 amide bonds. The second-order valence-corrected chi connectivity index (χ2v) is 4.93. The molecule has 0 fully saturated rings. The molecule has 1 atom stereocenters. The minimum atomic E-state index is 0.363. The highest BCUT2D eigenvalue weighted by atomic mass is 32.1. The number of benzene rings is 1. The zero-order valence-corrected chi connectivity index (χ0v) is 11.9. The zero-order chi connectivity index (χ0) is 13.0. The topological polar surface area (TPSA) is 35.2 Å². The van der Waals surface area contributed by atoms with Crippen molar-refractivity contribution in [1.29, 1.82) is 0 Å². The zero-order valence-electron chi connectivity index (χ0n) is 11.0. The standard InChI is InChI=1S/C14H21NOS/c1-5-16-13-7-6-12(10(3)11(13)4)9(2)8-14(15)17/h6-7,9H,5,8H2,1-4H3,(H2,15,17). The largest absolute Gasteiger partial charge is 0.494 e. The van der Waals surface area contributed by atoms with Crippen LogP contribution < -0.4 is 10.5 Å². The molecule has 1 aromatic rings. The molecular formula is C14H21NOS. The summed E-state index contributed by atoms with van der Waals surface area (Å²) in [4.78, 5) is 0.573. The van der Waals surface area contributed by atoms with E-state index in [2.05, 4.69) is 26.8 Å². The molecule has 1 aromatic carbocycles. The van der Waals surface area contributed by atoms with Crippen LogP contribution in [0.5, 0.6) is 5.75 Å². The third kappa shape index (κ3) is 3.43. The first kappa shape index (κ1) is 14.0. The van der Waals surface area contributed by atoms with Crippen molar-refractivity contribution in [2.75, 3.05) is 6.61 Å². The van der Waals surface area contributed by atoms with E-state index in [9.17, 15) is 0 Å². The molecule has 1 unspecified atom stereocenters. The van der Waals surface area contributed by atoms with Gasteiger partial charge in [-0.05, 0) is 49.4 Å². The molecule has 3 heteroatoms. The highest BCUT2D eigenvalue weighted by Crippen LogP contribution is 2.30. The predicted octanol–water partition coefficient (Wildman–Crippen LogP) is 3.48. The van der Waals surface area contributed by atoms with Gasteiger partial charge in [-0.1, -0.05) is 25.2 Å². The smallest absolute Gasteiger partial charge is 0.122 e. The highest BCUT2D eigenvalue weighted by molar-refractivity contribution is 7.80. The summed E-state index contributed by atoms with van der Waals surface area (Å²) in [5, 5.41) is 0. The molecule has 0 heterocycles. The highest BCUT2D eigenvalue weighted by Gasteiger charge is 2.13. The predicted molar refractivity (Wildman–Crippen MR) is 76.9 cm³/mol. The normalized spacial score (nSPS) is 12.2. The number of rotatable bonds is 5. The molecule has 0 saturated carbocycles. The Balaban J connectivity index is 3.03.